The maximum Gasteiger partial charge on any atom is 0.323 e. The molecule has 0 radical (unpaired) electrons. The lowest BCUT2D eigenvalue weighted by atomic mass is 10.2. The summed E-state index contributed by atoms with van der Waals surface area (Å²) >= 11 is 0. The molecule has 0 unspecified atom stereocenters. The SMILES string of the molecule is CCc1ncc(CN[C@@H](C(=O)O)[C@@H](C)O)cn1. The molecular weight excluding hydrogens is 222 g/mol. The Balaban J connectivity index is 2.56. The van der Waals surface area contributed by atoms with E-state index in [1.54, 1.807) is 12.4 Å². The summed E-state index contributed by atoms with van der Waals surface area (Å²) in [7, 11) is 0. The average molecular weight is 239 g/mol. The molecule has 0 aliphatic heterocycles. The summed E-state index contributed by atoms with van der Waals surface area (Å²) < 4.78 is 0. The summed E-state index contributed by atoms with van der Waals surface area (Å²) in [6, 6.07) is -0.985. The lowest BCUT2D eigenvalue weighted by Gasteiger charge is -2.16. The molecule has 1 aromatic heterocycles. The van der Waals surface area contributed by atoms with Gasteiger partial charge in [0.15, 0.2) is 0 Å². The van der Waals surface area contributed by atoms with Crippen molar-refractivity contribution in [1.82, 2.24) is 15.3 Å². The molecule has 0 aliphatic rings. The zero-order valence-electron chi connectivity index (χ0n) is 9.92. The van der Waals surface area contributed by atoms with Gasteiger partial charge in [-0.1, -0.05) is 6.92 Å². The Morgan fingerprint density at radius 3 is 2.47 bits per heavy atom. The van der Waals surface area contributed by atoms with Crippen LogP contribution < -0.4 is 5.32 Å². The number of carboxylic acids is 1. The molecule has 94 valence electrons. The molecule has 0 saturated heterocycles. The quantitative estimate of drug-likeness (QED) is 0.645. The third-order valence-corrected chi connectivity index (χ3v) is 2.35. The van der Waals surface area contributed by atoms with E-state index in [2.05, 4.69) is 15.3 Å². The smallest absolute Gasteiger partial charge is 0.323 e. The third kappa shape index (κ3) is 4.08. The predicted octanol–water partition coefficient (Wildman–Crippen LogP) is -0.0374. The van der Waals surface area contributed by atoms with Gasteiger partial charge in [0.2, 0.25) is 0 Å². The zero-order valence-corrected chi connectivity index (χ0v) is 9.92. The van der Waals surface area contributed by atoms with Gasteiger partial charge < -0.3 is 10.2 Å². The van der Waals surface area contributed by atoms with Crippen LogP contribution in [0.25, 0.3) is 0 Å². The number of aliphatic hydroxyl groups is 1. The number of rotatable bonds is 6. The lowest BCUT2D eigenvalue weighted by Crippen LogP contribution is -2.44. The third-order valence-electron chi connectivity index (χ3n) is 2.35. The highest BCUT2D eigenvalue weighted by Crippen LogP contribution is 1.99. The minimum Gasteiger partial charge on any atom is -0.480 e. The summed E-state index contributed by atoms with van der Waals surface area (Å²) in [5.41, 5.74) is 0.786. The maximum atomic E-state index is 10.8. The van der Waals surface area contributed by atoms with Crippen molar-refractivity contribution in [2.75, 3.05) is 0 Å². The fourth-order valence-electron chi connectivity index (χ4n) is 1.35. The van der Waals surface area contributed by atoms with Crippen molar-refractivity contribution < 1.29 is 15.0 Å². The number of hydrogen-bond acceptors (Lipinski definition) is 5. The summed E-state index contributed by atoms with van der Waals surface area (Å²) in [4.78, 5) is 19.0. The Morgan fingerprint density at radius 2 is 2.06 bits per heavy atom. The van der Waals surface area contributed by atoms with Crippen LogP contribution in [0, 0.1) is 0 Å². The van der Waals surface area contributed by atoms with Crippen LogP contribution in [-0.4, -0.2) is 38.3 Å². The molecule has 0 aromatic carbocycles. The zero-order chi connectivity index (χ0) is 12.8. The average Bonchev–Trinajstić information content (AvgIpc) is 2.29. The number of carbonyl (C=O) groups is 1. The van der Waals surface area contributed by atoms with E-state index >= 15 is 0 Å². The summed E-state index contributed by atoms with van der Waals surface area (Å²) in [5.74, 6) is -0.329. The van der Waals surface area contributed by atoms with Gasteiger partial charge in [-0.05, 0) is 6.92 Å². The van der Waals surface area contributed by atoms with Gasteiger partial charge in [0, 0.05) is 30.9 Å². The monoisotopic (exact) mass is 239 g/mol. The number of aliphatic hydroxyl groups excluding tert-OH is 1. The first-order valence-corrected chi connectivity index (χ1v) is 5.48. The Labute approximate surface area is 99.7 Å². The molecule has 0 bridgehead atoms. The number of aromatic nitrogens is 2. The number of aliphatic carboxylic acids is 1. The number of aryl methyl sites for hydroxylation is 1. The molecule has 0 saturated carbocycles. The minimum atomic E-state index is -1.08. The van der Waals surface area contributed by atoms with Crippen molar-refractivity contribution in [2.24, 2.45) is 0 Å². The van der Waals surface area contributed by atoms with E-state index in [9.17, 15) is 9.90 Å². The highest BCUT2D eigenvalue weighted by molar-refractivity contribution is 5.74. The van der Waals surface area contributed by atoms with Gasteiger partial charge in [0.05, 0.1) is 6.10 Å². The molecule has 0 amide bonds. The molecule has 1 rings (SSSR count). The molecular formula is C11H17N3O3. The molecule has 3 N–H and O–H groups in total. The van der Waals surface area contributed by atoms with Crippen LogP contribution in [0.4, 0.5) is 0 Å². The second kappa shape index (κ2) is 6.27. The van der Waals surface area contributed by atoms with E-state index in [1.165, 1.54) is 6.92 Å². The first-order chi connectivity index (χ1) is 8.04. The van der Waals surface area contributed by atoms with Crippen LogP contribution >= 0.6 is 0 Å². The molecule has 6 nitrogen and oxygen atoms in total. The minimum absolute atomic E-state index is 0.311. The highest BCUT2D eigenvalue weighted by atomic mass is 16.4. The van der Waals surface area contributed by atoms with Gasteiger partial charge in [-0.15, -0.1) is 0 Å². The van der Waals surface area contributed by atoms with Crippen molar-refractivity contribution in [3.05, 3.63) is 23.8 Å². The molecule has 6 heteroatoms. The van der Waals surface area contributed by atoms with E-state index in [0.29, 0.717) is 6.54 Å². The van der Waals surface area contributed by atoms with E-state index in [1.807, 2.05) is 6.92 Å². The second-order valence-corrected chi connectivity index (χ2v) is 3.80. The lowest BCUT2D eigenvalue weighted by molar-refractivity contribution is -0.142. The van der Waals surface area contributed by atoms with Gasteiger partial charge in [-0.2, -0.15) is 0 Å². The Bertz CT molecular complexity index is 365. The first kappa shape index (κ1) is 13.5. The fourth-order valence-corrected chi connectivity index (χ4v) is 1.35. The van der Waals surface area contributed by atoms with Crippen LogP contribution in [-0.2, 0) is 17.8 Å². The summed E-state index contributed by atoms with van der Waals surface area (Å²) in [6.45, 7) is 3.70. The van der Waals surface area contributed by atoms with Crippen LogP contribution in [0.15, 0.2) is 12.4 Å². The van der Waals surface area contributed by atoms with Crippen molar-refractivity contribution in [1.29, 1.82) is 0 Å². The molecule has 0 spiro atoms. The van der Waals surface area contributed by atoms with Gasteiger partial charge in [-0.3, -0.25) is 10.1 Å². The van der Waals surface area contributed by atoms with E-state index in [0.717, 1.165) is 17.8 Å². The topological polar surface area (TPSA) is 95.3 Å². The molecule has 1 heterocycles. The van der Waals surface area contributed by atoms with Crippen molar-refractivity contribution in [3.63, 3.8) is 0 Å². The van der Waals surface area contributed by atoms with Crippen molar-refractivity contribution >= 4 is 5.97 Å². The Morgan fingerprint density at radius 1 is 1.47 bits per heavy atom. The number of nitrogens with one attached hydrogen (secondary N) is 1. The van der Waals surface area contributed by atoms with Crippen LogP contribution in [0.3, 0.4) is 0 Å². The highest BCUT2D eigenvalue weighted by Gasteiger charge is 2.21. The van der Waals surface area contributed by atoms with E-state index in [4.69, 9.17) is 5.11 Å². The molecule has 0 aliphatic carbocycles. The summed E-state index contributed by atoms with van der Waals surface area (Å²) in [6.07, 6.45) is 3.11. The first-order valence-electron chi connectivity index (χ1n) is 5.48. The standard InChI is InChI=1S/C11H17N3O3/c1-3-9-12-4-8(5-13-9)6-14-10(7(2)15)11(16)17/h4-5,7,10,14-15H,3,6H2,1-2H3,(H,16,17)/t7-,10-/m1/s1. The second-order valence-electron chi connectivity index (χ2n) is 3.80. The van der Waals surface area contributed by atoms with Crippen LogP contribution in [0.1, 0.15) is 25.2 Å². The van der Waals surface area contributed by atoms with E-state index in [-0.39, 0.29) is 0 Å². The molecule has 17 heavy (non-hydrogen) atoms. The normalized spacial score (nSPS) is 14.3. The molecule has 1 aromatic rings. The van der Waals surface area contributed by atoms with Gasteiger partial charge in [0.1, 0.15) is 11.9 Å². The summed E-state index contributed by atoms with van der Waals surface area (Å²) in [5, 5.41) is 20.9. The van der Waals surface area contributed by atoms with Crippen molar-refractivity contribution in [3.8, 4) is 0 Å². The van der Waals surface area contributed by atoms with Gasteiger partial charge in [-0.25, -0.2) is 9.97 Å². The predicted molar refractivity (Wildman–Crippen MR) is 61.4 cm³/mol. The van der Waals surface area contributed by atoms with Crippen LogP contribution in [0.5, 0.6) is 0 Å². The van der Waals surface area contributed by atoms with Gasteiger partial charge in [0.25, 0.3) is 0 Å². The Kier molecular flexibility index (Phi) is 4.99. The number of carboxylic acid groups (broad SMARTS) is 1. The molecule has 2 atom stereocenters. The van der Waals surface area contributed by atoms with Gasteiger partial charge >= 0.3 is 5.97 Å². The number of hydrogen-bond donors (Lipinski definition) is 3. The fraction of sp³-hybridized carbons (Fsp3) is 0.545. The molecule has 0 fully saturated rings. The largest absolute Gasteiger partial charge is 0.480 e. The van der Waals surface area contributed by atoms with E-state index < -0.39 is 18.1 Å². The van der Waals surface area contributed by atoms with Crippen LogP contribution in [0.2, 0.25) is 0 Å². The maximum absolute atomic E-state index is 10.8. The van der Waals surface area contributed by atoms with Crippen molar-refractivity contribution in [2.45, 2.75) is 39.0 Å². The Hall–Kier alpha value is -1.53. The number of nitrogens with zero attached hydrogens (tertiary/aromatic N) is 2.